The second-order valence-electron chi connectivity index (χ2n) is 7.56. The van der Waals surface area contributed by atoms with Crippen molar-refractivity contribution in [2.24, 2.45) is 10.9 Å². The van der Waals surface area contributed by atoms with Crippen molar-refractivity contribution in [2.45, 2.75) is 13.0 Å². The molecule has 2 aromatic carbocycles. The summed E-state index contributed by atoms with van der Waals surface area (Å²) in [5, 5.41) is 6.26. The Hall–Kier alpha value is -3.06. The van der Waals surface area contributed by atoms with Crippen molar-refractivity contribution in [3.8, 4) is 5.75 Å². The Morgan fingerprint density at radius 2 is 1.94 bits per heavy atom. The number of nitrogens with one attached hydrogen (secondary N) is 2. The van der Waals surface area contributed by atoms with Crippen LogP contribution in [-0.2, 0) is 11.3 Å². The van der Waals surface area contributed by atoms with Crippen LogP contribution in [0.25, 0.3) is 0 Å². The van der Waals surface area contributed by atoms with E-state index < -0.39 is 0 Å². The Balaban J connectivity index is 1.35. The average Bonchev–Trinajstić information content (AvgIpc) is 3.28. The molecule has 0 radical (unpaired) electrons. The van der Waals surface area contributed by atoms with Gasteiger partial charge < -0.3 is 25.0 Å². The van der Waals surface area contributed by atoms with Crippen molar-refractivity contribution in [1.29, 1.82) is 0 Å². The van der Waals surface area contributed by atoms with Gasteiger partial charge in [0.2, 0.25) is 0 Å². The predicted molar refractivity (Wildman–Crippen MR) is 122 cm³/mol. The summed E-state index contributed by atoms with van der Waals surface area (Å²) in [6.45, 7) is 4.39. The van der Waals surface area contributed by atoms with Gasteiger partial charge in [-0.2, -0.15) is 0 Å². The molecule has 166 valence electrons. The lowest BCUT2D eigenvalue weighted by Crippen LogP contribution is -2.43. The zero-order valence-corrected chi connectivity index (χ0v) is 18.3. The maximum Gasteiger partial charge on any atom is 0.251 e. The molecule has 0 aliphatic carbocycles. The summed E-state index contributed by atoms with van der Waals surface area (Å²) >= 11 is 0. The molecule has 0 aromatic heterocycles. The van der Waals surface area contributed by atoms with Gasteiger partial charge in [0.15, 0.2) is 5.96 Å². The van der Waals surface area contributed by atoms with E-state index in [4.69, 9.17) is 9.47 Å². The highest BCUT2D eigenvalue weighted by molar-refractivity contribution is 5.94. The number of aliphatic imine (C=N–C) groups is 1. The van der Waals surface area contributed by atoms with Crippen LogP contribution in [0.2, 0.25) is 0 Å². The molecule has 1 fully saturated rings. The number of amides is 1. The largest absolute Gasteiger partial charge is 0.497 e. The quantitative estimate of drug-likeness (QED) is 0.368. The number of nitrogens with zero attached hydrogens (tertiary/aromatic N) is 2. The molecular formula is C24H32N4O3. The minimum atomic E-state index is -0.118. The second-order valence-corrected chi connectivity index (χ2v) is 7.56. The monoisotopic (exact) mass is 424 g/mol. The lowest BCUT2D eigenvalue weighted by Gasteiger charge is -2.22. The van der Waals surface area contributed by atoms with E-state index in [1.54, 1.807) is 32.4 Å². The Kier molecular flexibility index (Phi) is 8.72. The van der Waals surface area contributed by atoms with Gasteiger partial charge in [-0.1, -0.05) is 36.4 Å². The minimum absolute atomic E-state index is 0.118. The molecule has 1 atom stereocenters. The molecule has 1 unspecified atom stereocenters. The van der Waals surface area contributed by atoms with Crippen LogP contribution in [0.4, 0.5) is 0 Å². The van der Waals surface area contributed by atoms with Crippen molar-refractivity contribution in [1.82, 2.24) is 15.5 Å². The molecule has 1 aliphatic heterocycles. The molecule has 7 heteroatoms. The standard InChI is InChI=1S/C24H32N4O3/c1-25-24(27-13-12-26-23(29)21-9-6-10-22(15-21)30-2)28-14-11-20(16-28)18-31-17-19-7-4-3-5-8-19/h3-10,15,20H,11-14,16-18H2,1-2H3,(H,25,27)(H,26,29). The molecule has 0 saturated carbocycles. The van der Waals surface area contributed by atoms with Crippen LogP contribution < -0.4 is 15.4 Å². The van der Waals surface area contributed by atoms with Crippen LogP contribution in [0.1, 0.15) is 22.3 Å². The number of guanidine groups is 1. The van der Waals surface area contributed by atoms with Gasteiger partial charge in [-0.3, -0.25) is 9.79 Å². The molecule has 0 bridgehead atoms. The highest BCUT2D eigenvalue weighted by Crippen LogP contribution is 2.17. The van der Waals surface area contributed by atoms with Gasteiger partial charge in [0.25, 0.3) is 5.91 Å². The number of likely N-dealkylation sites (tertiary alicyclic amines) is 1. The smallest absolute Gasteiger partial charge is 0.251 e. The molecule has 0 spiro atoms. The SMILES string of the molecule is CN=C(NCCNC(=O)c1cccc(OC)c1)N1CCC(COCc2ccccc2)C1. The summed E-state index contributed by atoms with van der Waals surface area (Å²) in [5.41, 5.74) is 1.78. The van der Waals surface area contributed by atoms with Gasteiger partial charge >= 0.3 is 0 Å². The highest BCUT2D eigenvalue weighted by Gasteiger charge is 2.24. The average molecular weight is 425 g/mol. The summed E-state index contributed by atoms with van der Waals surface area (Å²) in [4.78, 5) is 18.9. The summed E-state index contributed by atoms with van der Waals surface area (Å²) < 4.78 is 11.1. The first-order chi connectivity index (χ1) is 15.2. The van der Waals surface area contributed by atoms with E-state index >= 15 is 0 Å². The van der Waals surface area contributed by atoms with E-state index in [9.17, 15) is 4.79 Å². The van der Waals surface area contributed by atoms with Crippen molar-refractivity contribution >= 4 is 11.9 Å². The lowest BCUT2D eigenvalue weighted by atomic mass is 10.1. The van der Waals surface area contributed by atoms with E-state index in [0.717, 1.165) is 32.1 Å². The molecule has 3 rings (SSSR count). The summed E-state index contributed by atoms with van der Waals surface area (Å²) in [5.74, 6) is 1.91. The second kappa shape index (κ2) is 12.0. The van der Waals surface area contributed by atoms with Crippen LogP contribution in [0.15, 0.2) is 59.6 Å². The lowest BCUT2D eigenvalue weighted by molar-refractivity contribution is 0.0906. The predicted octanol–water partition coefficient (Wildman–Crippen LogP) is 2.54. The van der Waals surface area contributed by atoms with E-state index in [0.29, 0.717) is 36.9 Å². The normalized spacial score (nSPS) is 16.3. The van der Waals surface area contributed by atoms with Gasteiger partial charge in [-0.05, 0) is 30.2 Å². The number of hydrogen-bond donors (Lipinski definition) is 2. The maximum absolute atomic E-state index is 12.3. The number of hydrogen-bond acceptors (Lipinski definition) is 4. The van der Waals surface area contributed by atoms with E-state index in [2.05, 4.69) is 32.7 Å². The molecule has 2 aromatic rings. The number of rotatable bonds is 9. The van der Waals surface area contributed by atoms with Crippen LogP contribution in [0.3, 0.4) is 0 Å². The highest BCUT2D eigenvalue weighted by atomic mass is 16.5. The van der Waals surface area contributed by atoms with Gasteiger partial charge in [0.05, 0.1) is 20.3 Å². The summed E-state index contributed by atoms with van der Waals surface area (Å²) in [6, 6.07) is 17.4. The van der Waals surface area contributed by atoms with Crippen molar-refractivity contribution in [3.63, 3.8) is 0 Å². The van der Waals surface area contributed by atoms with Gasteiger partial charge in [-0.15, -0.1) is 0 Å². The minimum Gasteiger partial charge on any atom is -0.497 e. The number of carbonyl (C=O) groups excluding carboxylic acids is 1. The summed E-state index contributed by atoms with van der Waals surface area (Å²) in [6.07, 6.45) is 1.09. The first-order valence-corrected chi connectivity index (χ1v) is 10.7. The third-order valence-electron chi connectivity index (χ3n) is 5.29. The van der Waals surface area contributed by atoms with Crippen molar-refractivity contribution in [2.75, 3.05) is 46.9 Å². The molecule has 2 N–H and O–H groups in total. The number of carbonyl (C=O) groups is 1. The molecule has 31 heavy (non-hydrogen) atoms. The van der Waals surface area contributed by atoms with Crippen LogP contribution in [0.5, 0.6) is 5.75 Å². The van der Waals surface area contributed by atoms with Gasteiger partial charge in [-0.25, -0.2) is 0 Å². The molecule has 1 heterocycles. The third kappa shape index (κ3) is 7.00. The molecular weight excluding hydrogens is 392 g/mol. The van der Waals surface area contributed by atoms with Gasteiger partial charge in [0, 0.05) is 44.7 Å². The van der Waals surface area contributed by atoms with Crippen molar-refractivity contribution in [3.05, 3.63) is 65.7 Å². The maximum atomic E-state index is 12.3. The molecule has 1 aliphatic rings. The molecule has 1 saturated heterocycles. The fraction of sp³-hybridized carbons (Fsp3) is 0.417. The van der Waals surface area contributed by atoms with E-state index in [1.165, 1.54) is 5.56 Å². The zero-order valence-electron chi connectivity index (χ0n) is 18.3. The van der Waals surface area contributed by atoms with Crippen molar-refractivity contribution < 1.29 is 14.3 Å². The number of ether oxygens (including phenoxy) is 2. The Morgan fingerprint density at radius 3 is 2.71 bits per heavy atom. The van der Waals surface area contributed by atoms with Gasteiger partial charge in [0.1, 0.15) is 5.75 Å². The topological polar surface area (TPSA) is 75.2 Å². The summed E-state index contributed by atoms with van der Waals surface area (Å²) in [7, 11) is 3.38. The van der Waals surface area contributed by atoms with E-state index in [1.807, 2.05) is 24.3 Å². The first kappa shape index (κ1) is 22.6. The first-order valence-electron chi connectivity index (χ1n) is 10.7. The third-order valence-corrected chi connectivity index (χ3v) is 5.29. The fourth-order valence-corrected chi connectivity index (χ4v) is 3.63. The Labute approximate surface area is 184 Å². The molecule has 7 nitrogen and oxygen atoms in total. The fourth-order valence-electron chi connectivity index (χ4n) is 3.63. The number of benzene rings is 2. The van der Waals surface area contributed by atoms with Crippen LogP contribution in [-0.4, -0.2) is 63.7 Å². The van der Waals surface area contributed by atoms with E-state index in [-0.39, 0.29) is 5.91 Å². The Bertz CT molecular complexity index is 857. The van der Waals surface area contributed by atoms with Crippen LogP contribution >= 0.6 is 0 Å². The number of methoxy groups -OCH3 is 1. The molecule has 1 amide bonds. The van der Waals surface area contributed by atoms with Crippen LogP contribution in [0, 0.1) is 5.92 Å². The zero-order chi connectivity index (χ0) is 21.9. The Morgan fingerprint density at radius 1 is 1.13 bits per heavy atom.